The minimum absolute atomic E-state index is 0.270. The molecule has 24 heavy (non-hydrogen) atoms. The average molecular weight is 350 g/mol. The molecule has 0 aliphatic heterocycles. The lowest BCUT2D eigenvalue weighted by molar-refractivity contribution is 0.370. The molecule has 0 aliphatic rings. The Hall–Kier alpha value is -2.08. The van der Waals surface area contributed by atoms with Gasteiger partial charge in [0.05, 0.1) is 0 Å². The summed E-state index contributed by atoms with van der Waals surface area (Å²) >= 11 is 6.03. The Morgan fingerprint density at radius 3 is 2.83 bits per heavy atom. The number of aromatic nitrogens is 2. The lowest BCUT2D eigenvalue weighted by Gasteiger charge is -2.22. The Labute approximate surface area is 147 Å². The van der Waals surface area contributed by atoms with Crippen LogP contribution in [0.2, 0.25) is 5.02 Å². The van der Waals surface area contributed by atoms with Crippen molar-refractivity contribution in [2.75, 3.05) is 20.6 Å². The molecule has 2 rings (SSSR count). The molecule has 7 heteroatoms. The first-order chi connectivity index (χ1) is 11.5. The van der Waals surface area contributed by atoms with Gasteiger partial charge in [0.15, 0.2) is 11.8 Å². The highest BCUT2D eigenvalue weighted by atomic mass is 35.5. The van der Waals surface area contributed by atoms with E-state index in [-0.39, 0.29) is 5.92 Å². The summed E-state index contributed by atoms with van der Waals surface area (Å²) in [6.45, 7) is 5.48. The molecule has 0 bridgehead atoms. The molecule has 0 atom stereocenters. The van der Waals surface area contributed by atoms with Crippen molar-refractivity contribution in [2.24, 2.45) is 4.99 Å². The molecule has 0 spiro atoms. The van der Waals surface area contributed by atoms with Crippen molar-refractivity contribution in [2.45, 2.75) is 32.7 Å². The van der Waals surface area contributed by atoms with Gasteiger partial charge in [-0.05, 0) is 17.7 Å². The van der Waals surface area contributed by atoms with Crippen LogP contribution in [0.25, 0.3) is 0 Å². The van der Waals surface area contributed by atoms with Gasteiger partial charge in [-0.2, -0.15) is 4.98 Å². The molecule has 1 heterocycles. The van der Waals surface area contributed by atoms with Gasteiger partial charge in [-0.25, -0.2) is 0 Å². The monoisotopic (exact) mass is 349 g/mol. The second-order valence-corrected chi connectivity index (χ2v) is 6.35. The third-order valence-corrected chi connectivity index (χ3v) is 3.74. The van der Waals surface area contributed by atoms with Gasteiger partial charge in [-0.3, -0.25) is 4.99 Å². The molecule has 0 saturated heterocycles. The van der Waals surface area contributed by atoms with Crippen molar-refractivity contribution >= 4 is 17.6 Å². The minimum atomic E-state index is 0.270. The molecule has 0 radical (unpaired) electrons. The number of halogens is 1. The van der Waals surface area contributed by atoms with Crippen molar-refractivity contribution in [3.8, 4) is 0 Å². The summed E-state index contributed by atoms with van der Waals surface area (Å²) in [5, 5.41) is 8.01. The van der Waals surface area contributed by atoms with Gasteiger partial charge in [0, 0.05) is 44.5 Å². The molecular weight excluding hydrogens is 326 g/mol. The van der Waals surface area contributed by atoms with Crippen LogP contribution in [0.15, 0.2) is 33.8 Å². The molecule has 6 nitrogen and oxygen atoms in total. The second-order valence-electron chi connectivity index (χ2n) is 5.91. The van der Waals surface area contributed by atoms with Gasteiger partial charge in [-0.1, -0.05) is 42.7 Å². The number of aliphatic imine (C=N–C) groups is 1. The van der Waals surface area contributed by atoms with Crippen LogP contribution in [-0.2, 0) is 13.0 Å². The summed E-state index contributed by atoms with van der Waals surface area (Å²) in [6.07, 6.45) is 0.656. The third kappa shape index (κ3) is 5.23. The van der Waals surface area contributed by atoms with E-state index in [1.54, 1.807) is 7.05 Å². The smallest absolute Gasteiger partial charge is 0.228 e. The first-order valence-corrected chi connectivity index (χ1v) is 8.36. The lowest BCUT2D eigenvalue weighted by atomic mass is 10.2. The standard InChI is InChI=1S/C17H24ClN5O/c1-12(2)16-21-15(24-22-16)8-9-20-17(19-3)23(4)11-13-6-5-7-14(18)10-13/h5-7,10,12H,8-9,11H2,1-4H3,(H,19,20). The Kier molecular flexibility index (Phi) is 6.61. The second kappa shape index (κ2) is 8.68. The highest BCUT2D eigenvalue weighted by Crippen LogP contribution is 2.12. The number of nitrogens with one attached hydrogen (secondary N) is 1. The maximum absolute atomic E-state index is 6.03. The SMILES string of the molecule is CN=C(NCCc1nc(C(C)C)no1)N(C)Cc1cccc(Cl)c1. The highest BCUT2D eigenvalue weighted by Gasteiger charge is 2.11. The molecular formula is C17H24ClN5O. The zero-order chi connectivity index (χ0) is 17.5. The molecule has 1 aromatic heterocycles. The summed E-state index contributed by atoms with van der Waals surface area (Å²) in [6, 6.07) is 7.82. The zero-order valence-electron chi connectivity index (χ0n) is 14.6. The molecule has 0 saturated carbocycles. The zero-order valence-corrected chi connectivity index (χ0v) is 15.3. The van der Waals surface area contributed by atoms with Gasteiger partial charge in [0.25, 0.3) is 0 Å². The summed E-state index contributed by atoms with van der Waals surface area (Å²) < 4.78 is 5.24. The van der Waals surface area contributed by atoms with Gasteiger partial charge in [-0.15, -0.1) is 0 Å². The van der Waals surface area contributed by atoms with E-state index in [2.05, 4.69) is 20.4 Å². The van der Waals surface area contributed by atoms with Crippen LogP contribution in [0, 0.1) is 0 Å². The van der Waals surface area contributed by atoms with E-state index in [9.17, 15) is 0 Å². The molecule has 0 amide bonds. The summed E-state index contributed by atoms with van der Waals surface area (Å²) in [7, 11) is 3.75. The Bertz CT molecular complexity index is 683. The Morgan fingerprint density at radius 1 is 1.42 bits per heavy atom. The van der Waals surface area contributed by atoms with Crippen molar-refractivity contribution in [1.29, 1.82) is 0 Å². The van der Waals surface area contributed by atoms with Crippen LogP contribution in [0.1, 0.15) is 37.0 Å². The van der Waals surface area contributed by atoms with Crippen LogP contribution in [-0.4, -0.2) is 41.6 Å². The van der Waals surface area contributed by atoms with Gasteiger partial charge >= 0.3 is 0 Å². The highest BCUT2D eigenvalue weighted by molar-refractivity contribution is 6.30. The molecule has 1 aromatic carbocycles. The number of nitrogens with zero attached hydrogens (tertiary/aromatic N) is 4. The molecule has 0 aliphatic carbocycles. The number of hydrogen-bond acceptors (Lipinski definition) is 4. The van der Waals surface area contributed by atoms with E-state index in [0.29, 0.717) is 18.9 Å². The maximum atomic E-state index is 6.03. The normalized spacial score (nSPS) is 11.8. The van der Waals surface area contributed by atoms with Crippen LogP contribution in [0.3, 0.4) is 0 Å². The van der Waals surface area contributed by atoms with E-state index in [4.69, 9.17) is 16.1 Å². The van der Waals surface area contributed by atoms with E-state index in [1.165, 1.54) is 0 Å². The molecule has 130 valence electrons. The molecule has 0 unspecified atom stereocenters. The number of hydrogen-bond donors (Lipinski definition) is 1. The topological polar surface area (TPSA) is 66.5 Å². The van der Waals surface area contributed by atoms with Crippen LogP contribution >= 0.6 is 11.6 Å². The van der Waals surface area contributed by atoms with Crippen LogP contribution < -0.4 is 5.32 Å². The van der Waals surface area contributed by atoms with E-state index in [0.717, 1.165) is 28.9 Å². The van der Waals surface area contributed by atoms with Crippen molar-refractivity contribution in [3.05, 3.63) is 46.6 Å². The van der Waals surface area contributed by atoms with Crippen LogP contribution in [0.5, 0.6) is 0 Å². The number of benzene rings is 1. The van der Waals surface area contributed by atoms with Crippen molar-refractivity contribution in [3.63, 3.8) is 0 Å². The first-order valence-electron chi connectivity index (χ1n) is 7.98. The quantitative estimate of drug-likeness (QED) is 0.641. The predicted molar refractivity (Wildman–Crippen MR) is 96.4 cm³/mol. The first kappa shape index (κ1) is 18.3. The summed E-state index contributed by atoms with van der Waals surface area (Å²) in [4.78, 5) is 10.7. The van der Waals surface area contributed by atoms with Gasteiger partial charge in [0.1, 0.15) is 0 Å². The Balaban J connectivity index is 1.85. The lowest BCUT2D eigenvalue weighted by Crippen LogP contribution is -2.39. The van der Waals surface area contributed by atoms with Crippen molar-refractivity contribution in [1.82, 2.24) is 20.4 Å². The minimum Gasteiger partial charge on any atom is -0.356 e. The molecule has 0 fully saturated rings. The maximum Gasteiger partial charge on any atom is 0.228 e. The fraction of sp³-hybridized carbons (Fsp3) is 0.471. The third-order valence-electron chi connectivity index (χ3n) is 3.50. The largest absolute Gasteiger partial charge is 0.356 e. The van der Waals surface area contributed by atoms with E-state index in [1.807, 2.05) is 50.1 Å². The fourth-order valence-electron chi connectivity index (χ4n) is 2.25. The number of guanidine groups is 1. The van der Waals surface area contributed by atoms with E-state index >= 15 is 0 Å². The Morgan fingerprint density at radius 2 is 2.21 bits per heavy atom. The van der Waals surface area contributed by atoms with Crippen molar-refractivity contribution < 1.29 is 4.52 Å². The average Bonchev–Trinajstić information content (AvgIpc) is 3.00. The molecule has 2 aromatic rings. The summed E-state index contributed by atoms with van der Waals surface area (Å²) in [5.74, 6) is 2.46. The van der Waals surface area contributed by atoms with Gasteiger partial charge < -0.3 is 14.7 Å². The van der Waals surface area contributed by atoms with Gasteiger partial charge in [0.2, 0.25) is 5.89 Å². The summed E-state index contributed by atoms with van der Waals surface area (Å²) in [5.41, 5.74) is 1.13. The number of rotatable bonds is 6. The van der Waals surface area contributed by atoms with E-state index < -0.39 is 0 Å². The molecule has 1 N–H and O–H groups in total. The van der Waals surface area contributed by atoms with Crippen LogP contribution in [0.4, 0.5) is 0 Å². The predicted octanol–water partition coefficient (Wildman–Crippen LogP) is 3.10. The fourth-order valence-corrected chi connectivity index (χ4v) is 2.47.